The van der Waals surface area contributed by atoms with Gasteiger partial charge in [-0.1, -0.05) is 46.4 Å². The van der Waals surface area contributed by atoms with Crippen molar-refractivity contribution in [3.63, 3.8) is 0 Å². The van der Waals surface area contributed by atoms with E-state index in [1.54, 1.807) is 6.92 Å². The number of nitrogens with one attached hydrogen (secondary N) is 2. The molecule has 11 heteroatoms. The van der Waals surface area contributed by atoms with E-state index in [0.717, 1.165) is 6.20 Å². The summed E-state index contributed by atoms with van der Waals surface area (Å²) in [7, 11) is 0. The Kier molecular flexibility index (Phi) is 6.88. The van der Waals surface area contributed by atoms with Crippen LogP contribution in [0.1, 0.15) is 22.8 Å². The molecule has 1 heterocycles. The van der Waals surface area contributed by atoms with E-state index in [1.165, 1.54) is 6.92 Å². The number of esters is 1. The normalized spacial score (nSPS) is 10.9. The Morgan fingerprint density at radius 3 is 2.43 bits per heavy atom. The highest BCUT2D eigenvalue weighted by molar-refractivity contribution is 6.76. The van der Waals surface area contributed by atoms with Crippen molar-refractivity contribution in [3.8, 4) is 0 Å². The van der Waals surface area contributed by atoms with Gasteiger partial charge in [0.15, 0.2) is 0 Å². The molecule has 0 fully saturated rings. The standard InChI is InChI=1S/C12H11Cl4N3O4/c1-3-23-9(20)6-4-17-8(13)5(2)7(6)18-11(22)19-10(21)12(14,15)16/h4H,3H2,1-2H3,(H2,17,18,19,21,22). The number of imide groups is 1. The highest BCUT2D eigenvalue weighted by Gasteiger charge is 2.32. The number of carbonyl (C=O) groups excluding carboxylic acids is 3. The second-order valence-corrected chi connectivity index (χ2v) is 6.73. The van der Waals surface area contributed by atoms with E-state index in [4.69, 9.17) is 51.1 Å². The monoisotopic (exact) mass is 401 g/mol. The molecule has 0 unspecified atom stereocenters. The fourth-order valence-electron chi connectivity index (χ4n) is 1.43. The molecule has 1 aromatic heterocycles. The zero-order valence-electron chi connectivity index (χ0n) is 11.9. The number of carbonyl (C=O) groups is 3. The third kappa shape index (κ3) is 5.39. The second-order valence-electron chi connectivity index (χ2n) is 4.09. The van der Waals surface area contributed by atoms with Crippen LogP contribution in [0, 0.1) is 6.92 Å². The lowest BCUT2D eigenvalue weighted by Crippen LogP contribution is -2.41. The van der Waals surface area contributed by atoms with Crippen LogP contribution >= 0.6 is 46.4 Å². The number of aromatic nitrogens is 1. The number of nitrogens with zero attached hydrogens (tertiary/aromatic N) is 1. The predicted molar refractivity (Wildman–Crippen MR) is 87.4 cm³/mol. The van der Waals surface area contributed by atoms with Crippen molar-refractivity contribution < 1.29 is 19.1 Å². The molecule has 2 N–H and O–H groups in total. The van der Waals surface area contributed by atoms with Gasteiger partial charge in [0.1, 0.15) is 10.7 Å². The fraction of sp³-hybridized carbons (Fsp3) is 0.333. The Labute approximate surface area is 151 Å². The maximum absolute atomic E-state index is 11.9. The minimum Gasteiger partial charge on any atom is -0.462 e. The number of hydrogen-bond acceptors (Lipinski definition) is 5. The van der Waals surface area contributed by atoms with E-state index in [2.05, 4.69) is 10.3 Å². The molecule has 0 aliphatic rings. The number of amides is 3. The molecule has 0 radical (unpaired) electrons. The van der Waals surface area contributed by atoms with Crippen LogP contribution in [0.25, 0.3) is 0 Å². The summed E-state index contributed by atoms with van der Waals surface area (Å²) in [4.78, 5) is 39.0. The first-order valence-electron chi connectivity index (χ1n) is 6.09. The van der Waals surface area contributed by atoms with Crippen LogP contribution in [0.15, 0.2) is 6.20 Å². The Bertz CT molecular complexity index is 646. The van der Waals surface area contributed by atoms with E-state index in [1.807, 2.05) is 5.32 Å². The van der Waals surface area contributed by atoms with Crippen molar-refractivity contribution in [2.24, 2.45) is 0 Å². The van der Waals surface area contributed by atoms with Crippen LogP contribution in [0.5, 0.6) is 0 Å². The molecule has 1 aromatic rings. The van der Waals surface area contributed by atoms with E-state index in [9.17, 15) is 14.4 Å². The lowest BCUT2D eigenvalue weighted by atomic mass is 10.1. The molecule has 0 saturated heterocycles. The van der Waals surface area contributed by atoms with Crippen LogP contribution in [0.4, 0.5) is 10.5 Å². The number of anilines is 1. The molecule has 0 bridgehead atoms. The summed E-state index contributed by atoms with van der Waals surface area (Å²) in [6, 6.07) is -1.02. The first-order chi connectivity index (χ1) is 10.6. The number of alkyl halides is 3. The highest BCUT2D eigenvalue weighted by Crippen LogP contribution is 2.27. The van der Waals surface area contributed by atoms with Gasteiger partial charge in [-0.15, -0.1) is 0 Å². The molecular weight excluding hydrogens is 392 g/mol. The van der Waals surface area contributed by atoms with Gasteiger partial charge in [-0.3, -0.25) is 10.1 Å². The number of rotatable bonds is 3. The van der Waals surface area contributed by atoms with Gasteiger partial charge in [0.2, 0.25) is 0 Å². The molecule has 0 aromatic carbocycles. The molecule has 3 amide bonds. The van der Waals surface area contributed by atoms with Crippen molar-refractivity contribution >= 4 is 70.0 Å². The van der Waals surface area contributed by atoms with Gasteiger partial charge in [-0.05, 0) is 13.8 Å². The largest absolute Gasteiger partial charge is 0.462 e. The Morgan fingerprint density at radius 1 is 1.30 bits per heavy atom. The van der Waals surface area contributed by atoms with Gasteiger partial charge < -0.3 is 10.1 Å². The van der Waals surface area contributed by atoms with Gasteiger partial charge in [-0.2, -0.15) is 0 Å². The molecule has 0 aliphatic carbocycles. The van der Waals surface area contributed by atoms with Gasteiger partial charge >= 0.3 is 12.0 Å². The van der Waals surface area contributed by atoms with E-state index < -0.39 is 21.7 Å². The second kappa shape index (κ2) is 8.01. The van der Waals surface area contributed by atoms with Crippen LogP contribution in [0.2, 0.25) is 5.15 Å². The topological polar surface area (TPSA) is 97.4 Å². The minimum absolute atomic E-state index is 0.0260. The van der Waals surface area contributed by atoms with Crippen LogP contribution in [0.3, 0.4) is 0 Å². The minimum atomic E-state index is -2.31. The first kappa shape index (κ1) is 19.8. The summed E-state index contributed by atoms with van der Waals surface area (Å²) in [6.07, 6.45) is 1.14. The average molecular weight is 403 g/mol. The van der Waals surface area contributed by atoms with Crippen molar-refractivity contribution in [2.45, 2.75) is 17.6 Å². The van der Waals surface area contributed by atoms with Crippen LogP contribution < -0.4 is 10.6 Å². The maximum atomic E-state index is 11.9. The highest BCUT2D eigenvalue weighted by atomic mass is 35.6. The van der Waals surface area contributed by atoms with Crippen molar-refractivity contribution in [1.29, 1.82) is 0 Å². The molecule has 0 spiro atoms. The lowest BCUT2D eigenvalue weighted by Gasteiger charge is -2.15. The zero-order chi connectivity index (χ0) is 17.8. The average Bonchev–Trinajstić information content (AvgIpc) is 2.43. The smallest absolute Gasteiger partial charge is 0.341 e. The Morgan fingerprint density at radius 2 is 1.91 bits per heavy atom. The first-order valence-corrected chi connectivity index (χ1v) is 7.60. The molecular formula is C12H11Cl4N3O4. The Balaban J connectivity index is 3.07. The van der Waals surface area contributed by atoms with Crippen molar-refractivity contribution in [1.82, 2.24) is 10.3 Å². The third-order valence-corrected chi connectivity index (χ3v) is 3.38. The molecule has 7 nitrogen and oxygen atoms in total. The number of urea groups is 1. The summed E-state index contributed by atoms with van der Waals surface area (Å²) in [6.45, 7) is 3.26. The SMILES string of the molecule is CCOC(=O)c1cnc(Cl)c(C)c1NC(=O)NC(=O)C(Cl)(Cl)Cl. The van der Waals surface area contributed by atoms with Crippen molar-refractivity contribution in [3.05, 3.63) is 22.5 Å². The molecule has 23 heavy (non-hydrogen) atoms. The summed E-state index contributed by atoms with van der Waals surface area (Å²) in [5, 5.41) is 4.16. The number of hydrogen-bond donors (Lipinski definition) is 2. The molecule has 0 aliphatic heterocycles. The quantitative estimate of drug-likeness (QED) is 0.459. The molecule has 0 saturated carbocycles. The third-order valence-electron chi connectivity index (χ3n) is 2.48. The van der Waals surface area contributed by atoms with Gasteiger partial charge in [-0.25, -0.2) is 14.6 Å². The summed E-state index contributed by atoms with van der Waals surface area (Å²) in [5.74, 6) is -1.88. The maximum Gasteiger partial charge on any atom is 0.341 e. The number of pyridine rings is 1. The van der Waals surface area contributed by atoms with Crippen LogP contribution in [-0.2, 0) is 9.53 Å². The number of halogens is 4. The van der Waals surface area contributed by atoms with E-state index in [-0.39, 0.29) is 23.0 Å². The zero-order valence-corrected chi connectivity index (χ0v) is 14.9. The molecule has 126 valence electrons. The summed E-state index contributed by atoms with van der Waals surface area (Å²) >= 11 is 21.9. The van der Waals surface area contributed by atoms with Gasteiger partial charge in [0, 0.05) is 11.8 Å². The van der Waals surface area contributed by atoms with E-state index >= 15 is 0 Å². The van der Waals surface area contributed by atoms with Crippen molar-refractivity contribution in [2.75, 3.05) is 11.9 Å². The molecule has 0 atom stereocenters. The number of ether oxygens (including phenoxy) is 1. The van der Waals surface area contributed by atoms with Crippen LogP contribution in [-0.4, -0.2) is 33.3 Å². The van der Waals surface area contributed by atoms with Gasteiger partial charge in [0.05, 0.1) is 12.3 Å². The Hall–Kier alpha value is -1.28. The van der Waals surface area contributed by atoms with Gasteiger partial charge in [0.25, 0.3) is 9.70 Å². The predicted octanol–water partition coefficient (Wildman–Crippen LogP) is 3.24. The van der Waals surface area contributed by atoms with E-state index in [0.29, 0.717) is 5.56 Å². The summed E-state index contributed by atoms with van der Waals surface area (Å²) < 4.78 is 2.54. The summed E-state index contributed by atoms with van der Waals surface area (Å²) in [5.41, 5.74) is 0.289. The lowest BCUT2D eigenvalue weighted by molar-refractivity contribution is -0.119. The molecule has 1 rings (SSSR count). The fourth-order valence-corrected chi connectivity index (χ4v) is 1.72.